The highest BCUT2D eigenvalue weighted by Gasteiger charge is 2.24. The molecule has 100 valence electrons. The average molecular weight is 260 g/mol. The van der Waals surface area contributed by atoms with Gasteiger partial charge in [0.05, 0.1) is 12.2 Å². The molecule has 3 heterocycles. The van der Waals surface area contributed by atoms with Gasteiger partial charge in [-0.25, -0.2) is 4.98 Å². The number of hydrogen-bond donors (Lipinski definition) is 3. The van der Waals surface area contributed by atoms with Gasteiger partial charge in [0.15, 0.2) is 0 Å². The van der Waals surface area contributed by atoms with E-state index in [0.717, 1.165) is 18.1 Å². The zero-order chi connectivity index (χ0) is 13.2. The van der Waals surface area contributed by atoms with Crippen LogP contribution in [0.4, 0.5) is 0 Å². The van der Waals surface area contributed by atoms with Crippen molar-refractivity contribution in [2.45, 2.75) is 13.1 Å². The molecular formula is C12H16N6O. The molecule has 2 aliphatic heterocycles. The van der Waals surface area contributed by atoms with Crippen LogP contribution in [0.2, 0.25) is 0 Å². The van der Waals surface area contributed by atoms with Crippen LogP contribution in [-0.2, 0) is 17.9 Å². The number of amides is 1. The number of hydrazine groups is 1. The molecule has 0 spiro atoms. The molecule has 2 aliphatic rings. The highest BCUT2D eigenvalue weighted by atomic mass is 16.2. The second-order valence-corrected chi connectivity index (χ2v) is 4.44. The molecule has 1 amide bonds. The average Bonchev–Trinajstić information content (AvgIpc) is 2.94. The number of carbonyl (C=O) groups is 1. The van der Waals surface area contributed by atoms with Crippen LogP contribution >= 0.6 is 0 Å². The minimum absolute atomic E-state index is 0.0254. The third kappa shape index (κ3) is 2.14. The maximum atomic E-state index is 12.4. The molecule has 0 saturated heterocycles. The Labute approximate surface area is 111 Å². The number of imidazole rings is 1. The van der Waals surface area contributed by atoms with Gasteiger partial charge in [-0.15, -0.1) is 0 Å². The number of nitrogens with zero attached hydrogens (tertiary/aromatic N) is 3. The van der Waals surface area contributed by atoms with E-state index >= 15 is 0 Å². The van der Waals surface area contributed by atoms with Gasteiger partial charge in [-0.1, -0.05) is 0 Å². The van der Waals surface area contributed by atoms with E-state index in [2.05, 4.69) is 25.7 Å². The molecular weight excluding hydrogens is 244 g/mol. The molecule has 0 aromatic carbocycles. The Hall–Kier alpha value is -2.44. The lowest BCUT2D eigenvalue weighted by Gasteiger charge is -2.29. The van der Waals surface area contributed by atoms with Crippen molar-refractivity contribution in [3.8, 4) is 0 Å². The van der Waals surface area contributed by atoms with Gasteiger partial charge in [0, 0.05) is 38.7 Å². The van der Waals surface area contributed by atoms with Crippen molar-refractivity contribution in [2.75, 3.05) is 13.6 Å². The highest BCUT2D eigenvalue weighted by Crippen LogP contribution is 2.13. The summed E-state index contributed by atoms with van der Waals surface area (Å²) in [7, 11) is 1.81. The molecule has 0 unspecified atom stereocenters. The summed E-state index contributed by atoms with van der Waals surface area (Å²) in [4.78, 5) is 18.5. The van der Waals surface area contributed by atoms with Gasteiger partial charge in [0.2, 0.25) is 0 Å². The van der Waals surface area contributed by atoms with E-state index in [1.165, 1.54) is 0 Å². The minimum atomic E-state index is -0.0254. The number of nitrogens with one attached hydrogen (secondary N) is 3. The van der Waals surface area contributed by atoms with Crippen molar-refractivity contribution in [3.05, 3.63) is 41.9 Å². The fourth-order valence-corrected chi connectivity index (χ4v) is 2.20. The van der Waals surface area contributed by atoms with E-state index in [9.17, 15) is 4.79 Å². The van der Waals surface area contributed by atoms with Gasteiger partial charge in [0.1, 0.15) is 11.5 Å². The summed E-state index contributed by atoms with van der Waals surface area (Å²) in [6.07, 6.45) is 7.27. The number of carbonyl (C=O) groups excluding carboxylic acids is 1. The van der Waals surface area contributed by atoms with Crippen LogP contribution in [0.25, 0.3) is 0 Å². The zero-order valence-electron chi connectivity index (χ0n) is 10.7. The second kappa shape index (κ2) is 4.68. The van der Waals surface area contributed by atoms with Gasteiger partial charge < -0.3 is 20.2 Å². The standard InChI is InChI=1S/C12H16N6O/c1-13-9-6-10(16-15-7-9)12(19)18-5-4-17-3-2-14-11(17)8-18/h2-3,6-7,13,15-16H,4-5,8H2,1H3. The molecule has 19 heavy (non-hydrogen) atoms. The van der Waals surface area contributed by atoms with E-state index in [1.807, 2.05) is 13.2 Å². The van der Waals surface area contributed by atoms with Crippen LogP contribution in [0.3, 0.4) is 0 Å². The van der Waals surface area contributed by atoms with Crippen LogP contribution in [-0.4, -0.2) is 34.0 Å². The number of allylic oxidation sites excluding steroid dienone is 1. The lowest BCUT2D eigenvalue weighted by atomic mass is 10.2. The summed E-state index contributed by atoms with van der Waals surface area (Å²) in [5, 5.41) is 3.00. The monoisotopic (exact) mass is 260 g/mol. The molecule has 1 aromatic rings. The summed E-state index contributed by atoms with van der Waals surface area (Å²) >= 11 is 0. The van der Waals surface area contributed by atoms with E-state index in [0.29, 0.717) is 18.8 Å². The maximum Gasteiger partial charge on any atom is 0.272 e. The van der Waals surface area contributed by atoms with Gasteiger partial charge in [-0.05, 0) is 6.08 Å². The molecule has 0 saturated carbocycles. The lowest BCUT2D eigenvalue weighted by Crippen LogP contribution is -2.44. The summed E-state index contributed by atoms with van der Waals surface area (Å²) in [5.41, 5.74) is 7.13. The van der Waals surface area contributed by atoms with Crippen LogP contribution in [0, 0.1) is 0 Å². The molecule has 3 rings (SSSR count). The molecule has 3 N–H and O–H groups in total. The first-order valence-corrected chi connectivity index (χ1v) is 6.18. The molecule has 0 aliphatic carbocycles. The Balaban J connectivity index is 1.75. The van der Waals surface area contributed by atoms with Gasteiger partial charge in [-0.2, -0.15) is 0 Å². The minimum Gasteiger partial charge on any atom is -0.387 e. The van der Waals surface area contributed by atoms with E-state index in [-0.39, 0.29) is 5.91 Å². The van der Waals surface area contributed by atoms with Crippen molar-refractivity contribution in [1.29, 1.82) is 0 Å². The fraction of sp³-hybridized carbons (Fsp3) is 0.333. The third-order valence-corrected chi connectivity index (χ3v) is 3.29. The molecule has 7 nitrogen and oxygen atoms in total. The van der Waals surface area contributed by atoms with Crippen LogP contribution in [0.1, 0.15) is 5.82 Å². The van der Waals surface area contributed by atoms with Crippen LogP contribution in [0.15, 0.2) is 36.1 Å². The van der Waals surface area contributed by atoms with Crippen molar-refractivity contribution in [3.63, 3.8) is 0 Å². The van der Waals surface area contributed by atoms with Crippen molar-refractivity contribution >= 4 is 5.91 Å². The lowest BCUT2D eigenvalue weighted by molar-refractivity contribution is -0.129. The number of fused-ring (bicyclic) bond motifs is 1. The summed E-state index contributed by atoms with van der Waals surface area (Å²) < 4.78 is 2.07. The Bertz CT molecular complexity index is 558. The smallest absolute Gasteiger partial charge is 0.272 e. The number of rotatable bonds is 2. The summed E-state index contributed by atoms with van der Waals surface area (Å²) in [6, 6.07) is 0. The number of likely N-dealkylation sites (N-methyl/N-ethyl adjacent to an activating group) is 1. The Morgan fingerprint density at radius 1 is 1.47 bits per heavy atom. The highest BCUT2D eigenvalue weighted by molar-refractivity contribution is 5.93. The molecule has 0 fully saturated rings. The number of hydrogen-bond acceptors (Lipinski definition) is 5. The van der Waals surface area contributed by atoms with Crippen molar-refractivity contribution in [1.82, 2.24) is 30.6 Å². The predicted octanol–water partition coefficient (Wildman–Crippen LogP) is -0.722. The van der Waals surface area contributed by atoms with Crippen molar-refractivity contribution < 1.29 is 4.79 Å². The largest absolute Gasteiger partial charge is 0.387 e. The molecule has 7 heteroatoms. The Kier molecular flexibility index (Phi) is 2.86. The first-order valence-electron chi connectivity index (χ1n) is 6.18. The van der Waals surface area contributed by atoms with E-state index in [1.54, 1.807) is 23.4 Å². The summed E-state index contributed by atoms with van der Waals surface area (Å²) in [6.45, 7) is 2.03. The van der Waals surface area contributed by atoms with Gasteiger partial charge in [-0.3, -0.25) is 10.2 Å². The fourth-order valence-electron chi connectivity index (χ4n) is 2.20. The maximum absolute atomic E-state index is 12.4. The normalized spacial score (nSPS) is 17.6. The summed E-state index contributed by atoms with van der Waals surface area (Å²) in [5.74, 6) is 0.899. The first-order chi connectivity index (χ1) is 9.28. The SMILES string of the molecule is CNC1=CNNC(C(=O)N2CCn3ccnc3C2)=C1. The number of aromatic nitrogens is 2. The Morgan fingerprint density at radius 3 is 3.21 bits per heavy atom. The predicted molar refractivity (Wildman–Crippen MR) is 69.1 cm³/mol. The third-order valence-electron chi connectivity index (χ3n) is 3.29. The van der Waals surface area contributed by atoms with E-state index < -0.39 is 0 Å². The molecule has 0 bridgehead atoms. The van der Waals surface area contributed by atoms with E-state index in [4.69, 9.17) is 0 Å². The second-order valence-electron chi connectivity index (χ2n) is 4.44. The van der Waals surface area contributed by atoms with Crippen LogP contribution < -0.4 is 16.2 Å². The van der Waals surface area contributed by atoms with Crippen LogP contribution in [0.5, 0.6) is 0 Å². The molecule has 0 radical (unpaired) electrons. The van der Waals surface area contributed by atoms with Crippen molar-refractivity contribution in [2.24, 2.45) is 0 Å². The van der Waals surface area contributed by atoms with Gasteiger partial charge in [0.25, 0.3) is 5.91 Å². The topological polar surface area (TPSA) is 74.2 Å². The first kappa shape index (κ1) is 11.6. The molecule has 0 atom stereocenters. The zero-order valence-corrected chi connectivity index (χ0v) is 10.7. The quantitative estimate of drug-likeness (QED) is 0.654. The molecule has 1 aromatic heterocycles. The van der Waals surface area contributed by atoms with Gasteiger partial charge >= 0.3 is 0 Å². The Morgan fingerprint density at radius 2 is 2.37 bits per heavy atom.